The van der Waals surface area contributed by atoms with Crippen LogP contribution >= 0.6 is 0 Å². The minimum Gasteiger partial charge on any atom is -0.477 e. The number of carboxylic acids is 1. The highest BCUT2D eigenvalue weighted by Crippen LogP contribution is 2.22. The van der Waals surface area contributed by atoms with Gasteiger partial charge in [0.15, 0.2) is 5.69 Å². The van der Waals surface area contributed by atoms with Crippen LogP contribution < -0.4 is 0 Å². The number of aromatic nitrogens is 1. The van der Waals surface area contributed by atoms with Crippen LogP contribution in [0, 0.1) is 18.3 Å². The topological polar surface area (TPSA) is 74.0 Å². The summed E-state index contributed by atoms with van der Waals surface area (Å²) in [5, 5.41) is 17.2. The van der Waals surface area contributed by atoms with E-state index in [4.69, 9.17) is 10.4 Å². The third kappa shape index (κ3) is 2.07. The second-order valence-corrected chi connectivity index (χ2v) is 2.80. The van der Waals surface area contributed by atoms with E-state index in [1.807, 2.05) is 0 Å². The molecule has 0 radical (unpaired) electrons. The third-order valence-electron chi connectivity index (χ3n) is 1.77. The quantitative estimate of drug-likeness (QED) is 0.812. The Hall–Kier alpha value is -2.03. The smallest absolute Gasteiger partial charge is 0.354 e. The highest BCUT2D eigenvalue weighted by molar-refractivity contribution is 5.87. The predicted octanol–water partition coefficient (Wildman–Crippen LogP) is 1.90. The standard InChI is InChI=1S/C9H6F2N2O2/c1-4-2-5(3-12)7(8(10)11)13-6(4)9(14)15/h2,8H,1H3,(H,14,15). The van der Waals surface area contributed by atoms with Crippen molar-refractivity contribution in [3.63, 3.8) is 0 Å². The molecular formula is C9H6F2N2O2. The van der Waals surface area contributed by atoms with Crippen molar-refractivity contribution < 1.29 is 18.7 Å². The Morgan fingerprint density at radius 3 is 2.67 bits per heavy atom. The van der Waals surface area contributed by atoms with Gasteiger partial charge in [0.25, 0.3) is 6.43 Å². The molecule has 1 rings (SSSR count). The fourth-order valence-electron chi connectivity index (χ4n) is 1.10. The summed E-state index contributed by atoms with van der Waals surface area (Å²) < 4.78 is 24.8. The normalized spacial score (nSPS) is 10.1. The lowest BCUT2D eigenvalue weighted by atomic mass is 10.1. The first-order chi connectivity index (χ1) is 6.97. The van der Waals surface area contributed by atoms with Crippen LogP contribution in [-0.4, -0.2) is 16.1 Å². The number of nitrogens with zero attached hydrogens (tertiary/aromatic N) is 2. The zero-order valence-corrected chi connectivity index (χ0v) is 7.66. The van der Waals surface area contributed by atoms with Gasteiger partial charge in [0.2, 0.25) is 0 Å². The SMILES string of the molecule is Cc1cc(C#N)c(C(F)F)nc1C(=O)O. The molecule has 78 valence electrons. The molecule has 15 heavy (non-hydrogen) atoms. The van der Waals surface area contributed by atoms with Gasteiger partial charge in [0.1, 0.15) is 11.8 Å². The number of aromatic carboxylic acids is 1. The lowest BCUT2D eigenvalue weighted by Crippen LogP contribution is -2.08. The van der Waals surface area contributed by atoms with Crippen molar-refractivity contribution in [1.29, 1.82) is 5.26 Å². The van der Waals surface area contributed by atoms with E-state index in [0.717, 1.165) is 6.07 Å². The summed E-state index contributed by atoms with van der Waals surface area (Å²) >= 11 is 0. The van der Waals surface area contributed by atoms with Gasteiger partial charge in [-0.05, 0) is 18.6 Å². The number of rotatable bonds is 2. The average molecular weight is 212 g/mol. The van der Waals surface area contributed by atoms with Crippen molar-refractivity contribution in [1.82, 2.24) is 4.98 Å². The van der Waals surface area contributed by atoms with Crippen molar-refractivity contribution in [2.24, 2.45) is 0 Å². The number of aryl methyl sites for hydroxylation is 1. The molecule has 1 aromatic heterocycles. The van der Waals surface area contributed by atoms with Crippen LogP contribution in [0.3, 0.4) is 0 Å². The van der Waals surface area contributed by atoms with E-state index in [2.05, 4.69) is 4.98 Å². The molecule has 1 N–H and O–H groups in total. The van der Waals surface area contributed by atoms with Crippen molar-refractivity contribution in [3.05, 3.63) is 28.6 Å². The molecule has 0 amide bonds. The number of alkyl halides is 2. The second kappa shape index (κ2) is 4.00. The third-order valence-corrected chi connectivity index (χ3v) is 1.77. The van der Waals surface area contributed by atoms with E-state index in [1.54, 1.807) is 6.07 Å². The van der Waals surface area contributed by atoms with Crippen molar-refractivity contribution in [3.8, 4) is 6.07 Å². The molecule has 0 unspecified atom stereocenters. The number of pyridine rings is 1. The first-order valence-electron chi connectivity index (χ1n) is 3.90. The van der Waals surface area contributed by atoms with Gasteiger partial charge in [-0.15, -0.1) is 0 Å². The average Bonchev–Trinajstić information content (AvgIpc) is 2.16. The molecule has 0 aromatic carbocycles. The maximum atomic E-state index is 12.4. The van der Waals surface area contributed by atoms with Gasteiger partial charge in [-0.3, -0.25) is 0 Å². The van der Waals surface area contributed by atoms with E-state index in [-0.39, 0.29) is 11.1 Å². The zero-order valence-electron chi connectivity index (χ0n) is 7.66. The Balaban J connectivity index is 3.45. The van der Waals surface area contributed by atoms with E-state index in [9.17, 15) is 13.6 Å². The number of hydrogen-bond donors (Lipinski definition) is 1. The molecule has 6 heteroatoms. The minimum absolute atomic E-state index is 0.184. The zero-order chi connectivity index (χ0) is 11.6. The summed E-state index contributed by atoms with van der Waals surface area (Å²) in [7, 11) is 0. The van der Waals surface area contributed by atoms with Crippen LogP contribution in [0.1, 0.15) is 33.7 Å². The van der Waals surface area contributed by atoms with Crippen molar-refractivity contribution >= 4 is 5.97 Å². The molecule has 1 aromatic rings. The Morgan fingerprint density at radius 1 is 1.67 bits per heavy atom. The molecular weight excluding hydrogens is 206 g/mol. The molecule has 0 bridgehead atoms. The van der Waals surface area contributed by atoms with Crippen molar-refractivity contribution in [2.75, 3.05) is 0 Å². The van der Waals surface area contributed by atoms with Gasteiger partial charge < -0.3 is 5.11 Å². The number of nitriles is 1. The summed E-state index contributed by atoms with van der Waals surface area (Å²) in [6, 6.07) is 2.64. The van der Waals surface area contributed by atoms with Gasteiger partial charge >= 0.3 is 5.97 Å². The predicted molar refractivity (Wildman–Crippen MR) is 45.6 cm³/mol. The summed E-state index contributed by atoms with van der Waals surface area (Å²) in [5.74, 6) is -1.39. The molecule has 0 aliphatic rings. The molecule has 0 fully saturated rings. The fourth-order valence-corrected chi connectivity index (χ4v) is 1.10. The molecule has 0 aliphatic heterocycles. The Morgan fingerprint density at radius 2 is 2.27 bits per heavy atom. The minimum atomic E-state index is -2.96. The van der Waals surface area contributed by atoms with Gasteiger partial charge in [0.05, 0.1) is 5.56 Å². The number of hydrogen-bond acceptors (Lipinski definition) is 3. The number of carbonyl (C=O) groups is 1. The largest absolute Gasteiger partial charge is 0.477 e. The number of halogens is 2. The van der Waals surface area contributed by atoms with E-state index in [0.29, 0.717) is 0 Å². The number of carboxylic acid groups (broad SMARTS) is 1. The van der Waals surface area contributed by atoms with Crippen LogP contribution in [-0.2, 0) is 0 Å². The second-order valence-electron chi connectivity index (χ2n) is 2.80. The van der Waals surface area contributed by atoms with Gasteiger partial charge in [-0.25, -0.2) is 18.6 Å². The van der Waals surface area contributed by atoms with Crippen LogP contribution in [0.2, 0.25) is 0 Å². The Kier molecular flexibility index (Phi) is 2.95. The van der Waals surface area contributed by atoms with Crippen LogP contribution in [0.5, 0.6) is 0 Å². The van der Waals surface area contributed by atoms with Crippen LogP contribution in [0.25, 0.3) is 0 Å². The first-order valence-corrected chi connectivity index (χ1v) is 3.90. The van der Waals surface area contributed by atoms with Crippen LogP contribution in [0.4, 0.5) is 8.78 Å². The Bertz CT molecular complexity index is 452. The monoisotopic (exact) mass is 212 g/mol. The Labute approximate surface area is 83.8 Å². The van der Waals surface area contributed by atoms with Crippen molar-refractivity contribution in [2.45, 2.75) is 13.3 Å². The molecule has 0 saturated heterocycles. The lowest BCUT2D eigenvalue weighted by Gasteiger charge is -2.05. The maximum absolute atomic E-state index is 12.4. The molecule has 1 heterocycles. The molecule has 0 atom stereocenters. The molecule has 0 saturated carbocycles. The molecule has 0 spiro atoms. The highest BCUT2D eigenvalue weighted by Gasteiger charge is 2.20. The van der Waals surface area contributed by atoms with E-state index in [1.165, 1.54) is 6.92 Å². The summed E-state index contributed by atoms with van der Waals surface area (Å²) in [4.78, 5) is 13.9. The van der Waals surface area contributed by atoms with Gasteiger partial charge in [-0.2, -0.15) is 5.26 Å². The summed E-state index contributed by atoms with van der Waals surface area (Å²) in [5.41, 5.74) is -1.36. The highest BCUT2D eigenvalue weighted by atomic mass is 19.3. The van der Waals surface area contributed by atoms with Crippen LogP contribution in [0.15, 0.2) is 6.07 Å². The molecule has 4 nitrogen and oxygen atoms in total. The lowest BCUT2D eigenvalue weighted by molar-refractivity contribution is 0.0688. The first kappa shape index (κ1) is 11.0. The fraction of sp³-hybridized carbons (Fsp3) is 0.222. The van der Waals surface area contributed by atoms with E-state index < -0.39 is 23.8 Å². The molecule has 0 aliphatic carbocycles. The van der Waals surface area contributed by atoms with Gasteiger partial charge in [0, 0.05) is 0 Å². The summed E-state index contributed by atoms with van der Waals surface area (Å²) in [6.45, 7) is 1.40. The maximum Gasteiger partial charge on any atom is 0.354 e. The van der Waals surface area contributed by atoms with E-state index >= 15 is 0 Å². The van der Waals surface area contributed by atoms with Gasteiger partial charge in [-0.1, -0.05) is 0 Å². The summed E-state index contributed by atoms with van der Waals surface area (Å²) in [6.07, 6.45) is -2.96.